The molecule has 0 aliphatic carbocycles. The molecule has 0 aliphatic rings. The number of para-hydroxylation sites is 1. The molecular formula is C7H5NSe. The number of aromatic nitrogens is 1. The number of rotatable bonds is 0. The standard InChI is InChI=1S/C7H5NSe/c1-2-4-7-6(3-1)8-5-9-7/h1-5H. The Hall–Kier alpha value is -0.591. The average Bonchev–Trinajstić information content (AvgIpc) is 2.33. The molecule has 2 rings (SSSR count). The minimum atomic E-state index is 0.511. The van der Waals surface area contributed by atoms with Gasteiger partial charge in [-0.2, -0.15) is 0 Å². The Balaban J connectivity index is 2.95. The van der Waals surface area contributed by atoms with Crippen molar-refractivity contribution in [2.24, 2.45) is 0 Å². The maximum atomic E-state index is 4.20. The topological polar surface area (TPSA) is 12.9 Å². The van der Waals surface area contributed by atoms with E-state index in [2.05, 4.69) is 23.2 Å². The molecule has 0 unspecified atom stereocenters. The first-order valence-corrected chi connectivity index (χ1v) is 4.59. The summed E-state index contributed by atoms with van der Waals surface area (Å²) in [4.78, 5) is 4.20. The van der Waals surface area contributed by atoms with Crippen molar-refractivity contribution in [3.63, 3.8) is 0 Å². The van der Waals surface area contributed by atoms with Gasteiger partial charge in [0.25, 0.3) is 0 Å². The first kappa shape index (κ1) is 5.21. The Morgan fingerprint density at radius 1 is 1.22 bits per heavy atom. The molecule has 2 heteroatoms. The first-order chi connectivity index (χ1) is 4.47. The van der Waals surface area contributed by atoms with Crippen LogP contribution in [0.2, 0.25) is 0 Å². The summed E-state index contributed by atoms with van der Waals surface area (Å²) >= 11 is 0.511. The summed E-state index contributed by atoms with van der Waals surface area (Å²) in [6, 6.07) is 8.29. The zero-order valence-corrected chi connectivity index (χ0v) is 6.46. The molecular weight excluding hydrogens is 177 g/mol. The van der Waals surface area contributed by atoms with Gasteiger partial charge in [-0.15, -0.1) is 0 Å². The van der Waals surface area contributed by atoms with Crippen LogP contribution in [0.1, 0.15) is 0 Å². The second kappa shape index (κ2) is 1.98. The number of nitrogens with zero attached hydrogens (tertiary/aromatic N) is 1. The molecule has 1 heterocycles. The van der Waals surface area contributed by atoms with Gasteiger partial charge in [0.2, 0.25) is 0 Å². The van der Waals surface area contributed by atoms with Gasteiger partial charge in [0.15, 0.2) is 0 Å². The Bertz CT molecular complexity index is 283. The second-order valence-electron chi connectivity index (χ2n) is 1.82. The monoisotopic (exact) mass is 183 g/mol. The van der Waals surface area contributed by atoms with Gasteiger partial charge < -0.3 is 0 Å². The van der Waals surface area contributed by atoms with E-state index in [1.807, 2.05) is 11.1 Å². The van der Waals surface area contributed by atoms with Crippen LogP contribution in [0.3, 0.4) is 0 Å². The van der Waals surface area contributed by atoms with Gasteiger partial charge in [-0.3, -0.25) is 0 Å². The van der Waals surface area contributed by atoms with Gasteiger partial charge >= 0.3 is 58.6 Å². The molecule has 0 N–H and O–H groups in total. The van der Waals surface area contributed by atoms with Crippen molar-refractivity contribution in [1.29, 1.82) is 0 Å². The van der Waals surface area contributed by atoms with Crippen LogP contribution < -0.4 is 0 Å². The van der Waals surface area contributed by atoms with Crippen LogP contribution in [0.25, 0.3) is 9.78 Å². The normalized spacial score (nSPS) is 10.2. The van der Waals surface area contributed by atoms with Gasteiger partial charge in [0.1, 0.15) is 0 Å². The molecule has 1 nitrogen and oxygen atoms in total. The van der Waals surface area contributed by atoms with E-state index in [4.69, 9.17) is 0 Å². The Kier molecular flexibility index (Phi) is 1.15. The number of benzene rings is 1. The van der Waals surface area contributed by atoms with E-state index in [9.17, 15) is 0 Å². The summed E-state index contributed by atoms with van der Waals surface area (Å²) in [7, 11) is 0. The van der Waals surface area contributed by atoms with Crippen molar-refractivity contribution >= 4 is 24.3 Å². The molecule has 0 saturated heterocycles. The predicted octanol–water partition coefficient (Wildman–Crippen LogP) is 1.29. The van der Waals surface area contributed by atoms with Gasteiger partial charge in [-0.05, 0) is 0 Å². The fraction of sp³-hybridized carbons (Fsp3) is 0. The molecule has 44 valence electrons. The fourth-order valence-corrected chi connectivity index (χ4v) is 2.23. The van der Waals surface area contributed by atoms with Crippen LogP contribution in [0.15, 0.2) is 29.3 Å². The molecule has 0 spiro atoms. The van der Waals surface area contributed by atoms with Crippen molar-refractivity contribution in [3.05, 3.63) is 29.3 Å². The SMILES string of the molecule is c1ccc2[se]cnc2c1. The van der Waals surface area contributed by atoms with E-state index < -0.39 is 0 Å². The van der Waals surface area contributed by atoms with E-state index in [1.54, 1.807) is 0 Å². The molecule has 0 fully saturated rings. The molecule has 0 atom stereocenters. The number of hydrogen-bond acceptors (Lipinski definition) is 1. The molecule has 0 saturated carbocycles. The quantitative estimate of drug-likeness (QED) is 0.559. The molecule has 2 aromatic rings. The summed E-state index contributed by atoms with van der Waals surface area (Å²) in [5.74, 6) is 0. The maximum absolute atomic E-state index is 4.20. The van der Waals surface area contributed by atoms with Crippen LogP contribution in [-0.2, 0) is 0 Å². The van der Waals surface area contributed by atoms with Crippen LogP contribution in [0.5, 0.6) is 0 Å². The summed E-state index contributed by atoms with van der Waals surface area (Å²) < 4.78 is 1.41. The van der Waals surface area contributed by atoms with Gasteiger partial charge in [-0.25, -0.2) is 0 Å². The van der Waals surface area contributed by atoms with Gasteiger partial charge in [-0.1, -0.05) is 0 Å². The van der Waals surface area contributed by atoms with Crippen molar-refractivity contribution in [2.45, 2.75) is 0 Å². The van der Waals surface area contributed by atoms with E-state index >= 15 is 0 Å². The summed E-state index contributed by atoms with van der Waals surface area (Å²) in [5.41, 5.74) is 1.16. The average molecular weight is 182 g/mol. The third-order valence-electron chi connectivity index (χ3n) is 1.24. The molecule has 0 bridgehead atoms. The van der Waals surface area contributed by atoms with Gasteiger partial charge in [0.05, 0.1) is 0 Å². The summed E-state index contributed by atoms with van der Waals surface area (Å²) in [6.07, 6.45) is 0. The molecule has 1 aromatic carbocycles. The third kappa shape index (κ3) is 0.805. The van der Waals surface area contributed by atoms with E-state index in [-0.39, 0.29) is 0 Å². The van der Waals surface area contributed by atoms with Crippen molar-refractivity contribution in [1.82, 2.24) is 4.98 Å². The summed E-state index contributed by atoms with van der Waals surface area (Å²) in [6.45, 7) is 0. The molecule has 0 amide bonds. The van der Waals surface area contributed by atoms with Crippen LogP contribution in [-0.4, -0.2) is 19.5 Å². The number of fused-ring (bicyclic) bond motifs is 1. The van der Waals surface area contributed by atoms with Crippen molar-refractivity contribution in [3.8, 4) is 0 Å². The van der Waals surface area contributed by atoms with Crippen molar-refractivity contribution in [2.75, 3.05) is 0 Å². The first-order valence-electron chi connectivity index (χ1n) is 2.75. The van der Waals surface area contributed by atoms with E-state index in [0.29, 0.717) is 14.5 Å². The Labute approximate surface area is 59.1 Å². The molecule has 0 aliphatic heterocycles. The van der Waals surface area contributed by atoms with Crippen molar-refractivity contribution < 1.29 is 0 Å². The van der Waals surface area contributed by atoms with Gasteiger partial charge in [0, 0.05) is 0 Å². The Morgan fingerprint density at radius 3 is 3.00 bits per heavy atom. The van der Waals surface area contributed by atoms with E-state index in [1.165, 1.54) is 4.26 Å². The zero-order chi connectivity index (χ0) is 6.10. The second-order valence-corrected chi connectivity index (χ2v) is 3.68. The third-order valence-corrected chi connectivity index (χ3v) is 2.94. The predicted molar refractivity (Wildman–Crippen MR) is 38.7 cm³/mol. The molecule has 1 aromatic heterocycles. The van der Waals surface area contributed by atoms with Crippen LogP contribution in [0.4, 0.5) is 0 Å². The zero-order valence-electron chi connectivity index (χ0n) is 4.74. The number of hydrogen-bond donors (Lipinski definition) is 0. The Morgan fingerprint density at radius 2 is 2.11 bits per heavy atom. The van der Waals surface area contributed by atoms with Crippen LogP contribution in [0, 0.1) is 0 Å². The van der Waals surface area contributed by atoms with Crippen LogP contribution >= 0.6 is 0 Å². The fourth-order valence-electron chi connectivity index (χ4n) is 0.803. The molecule has 0 radical (unpaired) electrons. The molecule has 9 heavy (non-hydrogen) atoms. The minimum absolute atomic E-state index is 0.511. The summed E-state index contributed by atoms with van der Waals surface area (Å²) in [5, 5.41) is 2.01. The van der Waals surface area contributed by atoms with E-state index in [0.717, 1.165) is 5.52 Å².